The number of hydrogen-bond donors (Lipinski definition) is 1. The number of nitrogens with one attached hydrogen (secondary N) is 1. The average Bonchev–Trinajstić information content (AvgIpc) is 2.63. The summed E-state index contributed by atoms with van der Waals surface area (Å²) in [4.78, 5) is 27.3. The van der Waals surface area contributed by atoms with E-state index in [9.17, 15) is 18.0 Å². The van der Waals surface area contributed by atoms with Crippen molar-refractivity contribution in [1.29, 1.82) is 0 Å². The number of allylic oxidation sites excluding steroid dienone is 2. The summed E-state index contributed by atoms with van der Waals surface area (Å²) in [5, 5.41) is 0. The molecule has 1 aromatic carbocycles. The Morgan fingerprint density at radius 2 is 1.90 bits per heavy atom. The van der Waals surface area contributed by atoms with E-state index in [1.54, 1.807) is 46.2 Å². The molecule has 1 aliphatic heterocycles. The van der Waals surface area contributed by atoms with E-state index in [0.29, 0.717) is 23.6 Å². The first-order valence-electron chi connectivity index (χ1n) is 9.40. The molecule has 2 amide bonds. The zero-order valence-corrected chi connectivity index (χ0v) is 18.7. The van der Waals surface area contributed by atoms with E-state index in [1.165, 1.54) is 27.9 Å². The van der Waals surface area contributed by atoms with Gasteiger partial charge < -0.3 is 9.80 Å². The molecule has 1 N–H and O–H groups in total. The third-order valence-corrected chi connectivity index (χ3v) is 6.10. The molecule has 1 atom stereocenters. The fourth-order valence-corrected chi connectivity index (χ4v) is 3.75. The van der Waals surface area contributed by atoms with E-state index in [1.807, 2.05) is 13.0 Å². The van der Waals surface area contributed by atoms with Crippen molar-refractivity contribution in [3.63, 3.8) is 0 Å². The maximum absolute atomic E-state index is 12.2. The van der Waals surface area contributed by atoms with Gasteiger partial charge in [0, 0.05) is 34.5 Å². The van der Waals surface area contributed by atoms with Crippen LogP contribution in [0.1, 0.15) is 26.3 Å². The van der Waals surface area contributed by atoms with Gasteiger partial charge in [-0.3, -0.25) is 14.3 Å². The van der Waals surface area contributed by atoms with Gasteiger partial charge in [-0.05, 0) is 30.7 Å². The summed E-state index contributed by atoms with van der Waals surface area (Å²) in [6.45, 7) is 9.20. The molecule has 0 radical (unpaired) electrons. The molecule has 0 bridgehead atoms. The number of anilines is 1. The van der Waals surface area contributed by atoms with E-state index in [4.69, 9.17) is 0 Å². The van der Waals surface area contributed by atoms with Crippen LogP contribution >= 0.6 is 0 Å². The number of carbonyl (C=O) groups excluding carboxylic acids is 2. The van der Waals surface area contributed by atoms with E-state index >= 15 is 0 Å². The number of amides is 2. The lowest BCUT2D eigenvalue weighted by Gasteiger charge is -2.42. The molecule has 0 saturated carbocycles. The third kappa shape index (κ3) is 5.37. The first-order valence-corrected chi connectivity index (χ1v) is 10.8. The summed E-state index contributed by atoms with van der Waals surface area (Å²) in [5.41, 5.74) is 2.21. The Morgan fingerprint density at radius 3 is 2.47 bits per heavy atom. The first kappa shape index (κ1) is 23.4. The number of hydrogen-bond acceptors (Lipinski definition) is 4. The normalized spacial score (nSPS) is 19.1. The maximum atomic E-state index is 12.2. The second kappa shape index (κ2) is 9.27. The standard InChI is InChI=1S/C21H28N4O4S/c1-15-14-24(17(3)26)16(2)21(25(15)18(4)27)12-8-10-19-9-7-11-20(13-19)22-30(28,29)23(5)6/h7-13,15,22H,2,14H2,1,3-6H3/b10-8+,21-12+/t15-/m0/s1. The molecule has 9 heteroatoms. The van der Waals surface area contributed by atoms with Crippen molar-refractivity contribution in [3.8, 4) is 0 Å². The van der Waals surface area contributed by atoms with Crippen LogP contribution in [0.5, 0.6) is 0 Å². The highest BCUT2D eigenvalue weighted by Crippen LogP contribution is 2.27. The van der Waals surface area contributed by atoms with Crippen molar-refractivity contribution in [2.45, 2.75) is 26.8 Å². The zero-order valence-electron chi connectivity index (χ0n) is 17.9. The molecule has 0 aliphatic carbocycles. The van der Waals surface area contributed by atoms with Gasteiger partial charge in [0.2, 0.25) is 11.8 Å². The fraction of sp³-hybridized carbons (Fsp3) is 0.333. The number of piperazine rings is 1. The Hall–Kier alpha value is -2.91. The summed E-state index contributed by atoms with van der Waals surface area (Å²) in [7, 11) is -0.704. The second-order valence-electron chi connectivity index (χ2n) is 7.24. The van der Waals surface area contributed by atoms with Gasteiger partial charge in [0.05, 0.1) is 23.1 Å². The summed E-state index contributed by atoms with van der Waals surface area (Å²) in [6.07, 6.45) is 5.25. The minimum atomic E-state index is -3.60. The van der Waals surface area contributed by atoms with E-state index < -0.39 is 10.2 Å². The molecule has 1 aliphatic rings. The summed E-state index contributed by atoms with van der Waals surface area (Å²) >= 11 is 0. The molecule has 8 nitrogen and oxygen atoms in total. The lowest BCUT2D eigenvalue weighted by Crippen LogP contribution is -2.51. The van der Waals surface area contributed by atoms with Gasteiger partial charge in [0.1, 0.15) is 0 Å². The van der Waals surface area contributed by atoms with Crippen LogP contribution in [-0.4, -0.2) is 61.0 Å². The molecular formula is C21H28N4O4S. The van der Waals surface area contributed by atoms with Crippen molar-refractivity contribution in [2.24, 2.45) is 0 Å². The fourth-order valence-electron chi connectivity index (χ4n) is 3.14. The monoisotopic (exact) mass is 432 g/mol. The van der Waals surface area contributed by atoms with Crippen LogP contribution in [0.3, 0.4) is 0 Å². The lowest BCUT2D eigenvalue weighted by atomic mass is 10.1. The van der Waals surface area contributed by atoms with Gasteiger partial charge in [0.25, 0.3) is 0 Å². The van der Waals surface area contributed by atoms with Crippen molar-refractivity contribution in [3.05, 3.63) is 60.0 Å². The average molecular weight is 433 g/mol. The second-order valence-corrected chi connectivity index (χ2v) is 9.12. The Bertz CT molecular complexity index is 1010. The van der Waals surface area contributed by atoms with Gasteiger partial charge >= 0.3 is 10.2 Å². The highest BCUT2D eigenvalue weighted by molar-refractivity contribution is 7.90. The van der Waals surface area contributed by atoms with Crippen molar-refractivity contribution >= 4 is 33.8 Å². The van der Waals surface area contributed by atoms with Gasteiger partial charge in [-0.15, -0.1) is 0 Å². The molecule has 1 aromatic rings. The lowest BCUT2D eigenvalue weighted by molar-refractivity contribution is -0.134. The largest absolute Gasteiger partial charge is 0.309 e. The number of nitrogens with zero attached hydrogens (tertiary/aromatic N) is 3. The Labute approximate surface area is 178 Å². The zero-order chi connectivity index (χ0) is 22.6. The predicted octanol–water partition coefficient (Wildman–Crippen LogP) is 2.41. The predicted molar refractivity (Wildman–Crippen MR) is 118 cm³/mol. The molecule has 2 rings (SSSR count). The topological polar surface area (TPSA) is 90.0 Å². The van der Waals surface area contributed by atoms with Crippen LogP contribution in [0.15, 0.2) is 54.4 Å². The Kier molecular flexibility index (Phi) is 7.22. The summed E-state index contributed by atoms with van der Waals surface area (Å²) < 4.78 is 27.6. The van der Waals surface area contributed by atoms with Gasteiger partial charge in [-0.25, -0.2) is 0 Å². The highest BCUT2D eigenvalue weighted by atomic mass is 32.2. The van der Waals surface area contributed by atoms with E-state index in [-0.39, 0.29) is 17.9 Å². The minimum Gasteiger partial charge on any atom is -0.309 e. The van der Waals surface area contributed by atoms with Gasteiger partial charge in [-0.1, -0.05) is 30.9 Å². The molecule has 30 heavy (non-hydrogen) atoms. The molecular weight excluding hydrogens is 404 g/mol. The smallest absolute Gasteiger partial charge is 0.301 e. The SMILES string of the molecule is C=C1/C(=C\C=C\c2cccc(NS(=O)(=O)N(C)C)c2)N(C(C)=O)[C@@H](C)CN1C(C)=O. The first-order chi connectivity index (χ1) is 13.9. The number of rotatable bonds is 5. The van der Waals surface area contributed by atoms with Gasteiger partial charge in [0.15, 0.2) is 0 Å². The van der Waals surface area contributed by atoms with Crippen molar-refractivity contribution < 1.29 is 18.0 Å². The Morgan fingerprint density at radius 1 is 1.23 bits per heavy atom. The third-order valence-electron chi connectivity index (χ3n) is 4.64. The van der Waals surface area contributed by atoms with Crippen LogP contribution in [0.2, 0.25) is 0 Å². The van der Waals surface area contributed by atoms with Crippen LogP contribution in [0.4, 0.5) is 5.69 Å². The molecule has 0 spiro atoms. The number of benzene rings is 1. The molecule has 1 fully saturated rings. The van der Waals surface area contributed by atoms with E-state index in [2.05, 4.69) is 11.3 Å². The molecule has 1 saturated heterocycles. The van der Waals surface area contributed by atoms with Crippen LogP contribution < -0.4 is 4.72 Å². The molecule has 1 heterocycles. The molecule has 0 aromatic heterocycles. The molecule has 162 valence electrons. The van der Waals surface area contributed by atoms with Crippen molar-refractivity contribution in [2.75, 3.05) is 25.4 Å². The van der Waals surface area contributed by atoms with Crippen LogP contribution in [-0.2, 0) is 19.8 Å². The Balaban J connectivity index is 2.31. The van der Waals surface area contributed by atoms with Crippen LogP contribution in [0.25, 0.3) is 6.08 Å². The minimum absolute atomic E-state index is 0.133. The number of carbonyl (C=O) groups is 2. The van der Waals surface area contributed by atoms with E-state index in [0.717, 1.165) is 9.87 Å². The van der Waals surface area contributed by atoms with Crippen LogP contribution in [0, 0.1) is 0 Å². The van der Waals surface area contributed by atoms with Gasteiger partial charge in [-0.2, -0.15) is 12.7 Å². The summed E-state index contributed by atoms with van der Waals surface area (Å²) in [6, 6.07) is 6.73. The molecule has 0 unspecified atom stereocenters. The quantitative estimate of drug-likeness (QED) is 0.774. The maximum Gasteiger partial charge on any atom is 0.301 e. The van der Waals surface area contributed by atoms with Crippen molar-refractivity contribution in [1.82, 2.24) is 14.1 Å². The summed E-state index contributed by atoms with van der Waals surface area (Å²) in [5.74, 6) is -0.266. The highest BCUT2D eigenvalue weighted by Gasteiger charge is 2.33.